The quantitative estimate of drug-likeness (QED) is 0.912. The summed E-state index contributed by atoms with van der Waals surface area (Å²) in [4.78, 5) is 13.9. The summed E-state index contributed by atoms with van der Waals surface area (Å²) in [5, 5.41) is 0.776. The zero-order valence-electron chi connectivity index (χ0n) is 10.6. The third kappa shape index (κ3) is 2.85. The number of benzene rings is 1. The minimum absolute atomic E-state index is 0.0459. The Bertz CT molecular complexity index is 434. The molecule has 2 rings (SSSR count). The Morgan fingerprint density at radius 2 is 2.28 bits per heavy atom. The van der Waals surface area contributed by atoms with Crippen molar-refractivity contribution in [3.8, 4) is 0 Å². The average Bonchev–Trinajstić information content (AvgIpc) is 2.79. The fraction of sp³-hybridized carbons (Fsp3) is 0.500. The van der Waals surface area contributed by atoms with Gasteiger partial charge >= 0.3 is 0 Å². The van der Waals surface area contributed by atoms with E-state index in [4.69, 9.17) is 17.3 Å². The van der Waals surface area contributed by atoms with Gasteiger partial charge in [0.1, 0.15) is 0 Å². The van der Waals surface area contributed by atoms with Crippen molar-refractivity contribution in [3.63, 3.8) is 0 Å². The highest BCUT2D eigenvalue weighted by atomic mass is 35.5. The zero-order valence-corrected chi connectivity index (χ0v) is 11.4. The van der Waals surface area contributed by atoms with Crippen molar-refractivity contribution >= 4 is 17.5 Å². The van der Waals surface area contributed by atoms with Gasteiger partial charge in [-0.15, -0.1) is 0 Å². The summed E-state index contributed by atoms with van der Waals surface area (Å²) in [6.07, 6.45) is 2.90. The van der Waals surface area contributed by atoms with Gasteiger partial charge in [-0.3, -0.25) is 4.79 Å². The summed E-state index contributed by atoms with van der Waals surface area (Å²) in [5.41, 5.74) is 6.79. The second kappa shape index (κ2) is 5.72. The molecule has 1 aliphatic heterocycles. The Morgan fingerprint density at radius 3 is 2.94 bits per heavy atom. The Balaban J connectivity index is 2.09. The maximum atomic E-state index is 12.0. The first-order valence-electron chi connectivity index (χ1n) is 6.39. The van der Waals surface area contributed by atoms with Gasteiger partial charge in [0.05, 0.1) is 6.04 Å². The van der Waals surface area contributed by atoms with Gasteiger partial charge in [-0.25, -0.2) is 0 Å². The number of carbonyl (C=O) groups excluding carboxylic acids is 1. The lowest BCUT2D eigenvalue weighted by atomic mass is 10.0. The van der Waals surface area contributed by atoms with Crippen LogP contribution in [-0.2, 0) is 11.2 Å². The van der Waals surface area contributed by atoms with Crippen LogP contribution in [0.1, 0.15) is 25.3 Å². The fourth-order valence-corrected chi connectivity index (χ4v) is 2.73. The van der Waals surface area contributed by atoms with E-state index >= 15 is 0 Å². The number of nitrogens with zero attached hydrogens (tertiary/aromatic N) is 1. The molecule has 1 heterocycles. The third-order valence-corrected chi connectivity index (χ3v) is 3.83. The number of likely N-dealkylation sites (tertiary alicyclic amines) is 1. The number of hydrogen-bond acceptors (Lipinski definition) is 2. The smallest absolute Gasteiger partial charge is 0.239 e. The Kier molecular flexibility index (Phi) is 4.25. The highest BCUT2D eigenvalue weighted by Gasteiger charge is 2.30. The van der Waals surface area contributed by atoms with E-state index in [1.54, 1.807) is 6.92 Å². The number of halogens is 1. The van der Waals surface area contributed by atoms with Gasteiger partial charge < -0.3 is 10.6 Å². The van der Waals surface area contributed by atoms with Gasteiger partial charge in [0.2, 0.25) is 5.91 Å². The number of hydrogen-bond donors (Lipinski definition) is 1. The summed E-state index contributed by atoms with van der Waals surface area (Å²) in [6.45, 7) is 2.56. The predicted molar refractivity (Wildman–Crippen MR) is 73.5 cm³/mol. The van der Waals surface area contributed by atoms with E-state index in [1.165, 1.54) is 0 Å². The number of carbonyl (C=O) groups is 1. The first-order valence-corrected chi connectivity index (χ1v) is 6.77. The molecule has 0 radical (unpaired) electrons. The molecule has 1 fully saturated rings. The van der Waals surface area contributed by atoms with Crippen LogP contribution >= 0.6 is 11.6 Å². The molecule has 0 bridgehead atoms. The van der Waals surface area contributed by atoms with Gasteiger partial charge in [0, 0.05) is 17.6 Å². The molecule has 2 atom stereocenters. The molecule has 1 aromatic carbocycles. The molecule has 3 nitrogen and oxygen atoms in total. The van der Waals surface area contributed by atoms with Crippen LogP contribution in [0.15, 0.2) is 24.3 Å². The molecule has 1 saturated heterocycles. The lowest BCUT2D eigenvalue weighted by molar-refractivity contribution is -0.132. The highest BCUT2D eigenvalue weighted by Crippen LogP contribution is 2.25. The summed E-state index contributed by atoms with van der Waals surface area (Å²) in [6, 6.07) is 7.64. The van der Waals surface area contributed by atoms with Crippen LogP contribution in [0.3, 0.4) is 0 Å². The number of rotatable bonds is 3. The second-order valence-electron chi connectivity index (χ2n) is 4.91. The van der Waals surface area contributed by atoms with E-state index in [0.29, 0.717) is 0 Å². The van der Waals surface area contributed by atoms with Crippen molar-refractivity contribution in [1.29, 1.82) is 0 Å². The average molecular weight is 267 g/mol. The second-order valence-corrected chi connectivity index (χ2v) is 5.32. The molecule has 18 heavy (non-hydrogen) atoms. The van der Waals surface area contributed by atoms with Crippen LogP contribution in [0.25, 0.3) is 0 Å². The molecule has 98 valence electrons. The lowest BCUT2D eigenvalue weighted by Gasteiger charge is -2.26. The first-order chi connectivity index (χ1) is 8.59. The fourth-order valence-electron chi connectivity index (χ4n) is 2.52. The third-order valence-electron chi connectivity index (χ3n) is 3.46. The van der Waals surface area contributed by atoms with Gasteiger partial charge in [-0.05, 0) is 37.8 Å². The SMILES string of the molecule is C[C@@H](N)C(=O)N1CCC[C@@H]1Cc1ccccc1Cl. The maximum absolute atomic E-state index is 12.0. The van der Waals surface area contributed by atoms with Crippen LogP contribution in [0.2, 0.25) is 5.02 Å². The molecule has 1 aliphatic rings. The molecule has 0 aromatic heterocycles. The maximum Gasteiger partial charge on any atom is 0.239 e. The Labute approximate surface area is 113 Å². The van der Waals surface area contributed by atoms with E-state index in [0.717, 1.165) is 36.4 Å². The van der Waals surface area contributed by atoms with Crippen molar-refractivity contribution in [3.05, 3.63) is 34.9 Å². The minimum Gasteiger partial charge on any atom is -0.338 e. The Morgan fingerprint density at radius 1 is 1.56 bits per heavy atom. The van der Waals surface area contributed by atoms with Crippen LogP contribution in [0.5, 0.6) is 0 Å². The van der Waals surface area contributed by atoms with Crippen molar-refractivity contribution in [2.45, 2.75) is 38.3 Å². The molecule has 0 aliphatic carbocycles. The minimum atomic E-state index is -0.420. The van der Waals surface area contributed by atoms with E-state index in [-0.39, 0.29) is 11.9 Å². The molecular weight excluding hydrogens is 248 g/mol. The molecule has 0 unspecified atom stereocenters. The molecule has 0 spiro atoms. The van der Waals surface area contributed by atoms with E-state index in [1.807, 2.05) is 29.2 Å². The van der Waals surface area contributed by atoms with Crippen molar-refractivity contribution in [2.75, 3.05) is 6.54 Å². The molecule has 1 amide bonds. The van der Waals surface area contributed by atoms with Gasteiger partial charge in [0.25, 0.3) is 0 Å². The van der Waals surface area contributed by atoms with Gasteiger partial charge in [-0.1, -0.05) is 29.8 Å². The number of amides is 1. The number of nitrogens with two attached hydrogens (primary N) is 1. The van der Waals surface area contributed by atoms with Gasteiger partial charge in [0.15, 0.2) is 0 Å². The molecule has 1 aromatic rings. The molecule has 0 saturated carbocycles. The largest absolute Gasteiger partial charge is 0.338 e. The summed E-state index contributed by atoms with van der Waals surface area (Å²) in [5.74, 6) is 0.0459. The van der Waals surface area contributed by atoms with Crippen molar-refractivity contribution in [2.24, 2.45) is 5.73 Å². The van der Waals surface area contributed by atoms with Gasteiger partial charge in [-0.2, -0.15) is 0 Å². The normalized spacial score (nSPS) is 21.1. The summed E-state index contributed by atoms with van der Waals surface area (Å²) >= 11 is 6.16. The molecule has 4 heteroatoms. The summed E-state index contributed by atoms with van der Waals surface area (Å²) < 4.78 is 0. The van der Waals surface area contributed by atoms with E-state index in [2.05, 4.69) is 0 Å². The van der Waals surface area contributed by atoms with E-state index in [9.17, 15) is 4.79 Å². The van der Waals surface area contributed by atoms with Crippen molar-refractivity contribution < 1.29 is 4.79 Å². The predicted octanol–water partition coefficient (Wildman–Crippen LogP) is 2.22. The Hall–Kier alpha value is -1.06. The monoisotopic (exact) mass is 266 g/mol. The first kappa shape index (κ1) is 13.4. The lowest BCUT2D eigenvalue weighted by Crippen LogP contribution is -2.45. The molecule has 2 N–H and O–H groups in total. The van der Waals surface area contributed by atoms with Crippen LogP contribution < -0.4 is 5.73 Å². The summed E-state index contributed by atoms with van der Waals surface area (Å²) in [7, 11) is 0. The standard InChI is InChI=1S/C14H19ClN2O/c1-10(16)14(18)17-8-4-6-12(17)9-11-5-2-3-7-13(11)15/h2-3,5,7,10,12H,4,6,8-9,16H2,1H3/t10-,12-/m1/s1. The molecular formula is C14H19ClN2O. The zero-order chi connectivity index (χ0) is 13.1. The topological polar surface area (TPSA) is 46.3 Å². The van der Waals surface area contributed by atoms with Crippen LogP contribution in [0.4, 0.5) is 0 Å². The van der Waals surface area contributed by atoms with Crippen molar-refractivity contribution in [1.82, 2.24) is 4.90 Å². The van der Waals surface area contributed by atoms with E-state index < -0.39 is 6.04 Å². The van der Waals surface area contributed by atoms with Crippen LogP contribution in [-0.4, -0.2) is 29.4 Å². The van der Waals surface area contributed by atoms with Crippen LogP contribution in [0, 0.1) is 0 Å². The highest BCUT2D eigenvalue weighted by molar-refractivity contribution is 6.31.